The third kappa shape index (κ3) is 16.4. The molecule has 0 saturated carbocycles. The second-order valence-corrected chi connectivity index (χ2v) is 16.6. The Morgan fingerprint density at radius 1 is 0.478 bits per heavy atom. The highest BCUT2D eigenvalue weighted by Gasteiger charge is 2.50. The molecule has 5 atom stereocenters. The summed E-state index contributed by atoms with van der Waals surface area (Å²) in [5, 5.41) is 54.8. The van der Waals surface area contributed by atoms with E-state index in [0.29, 0.717) is 51.3 Å². The molecule has 1 aliphatic rings. The SMILES string of the molecule is CCCCOc1cc(C(=O)O[C@@H]2OC(COC(=O)c3cc(O)c(OCCCC)c(O)c3)[C@@H](OC(=O)c3cc(O)c(OCCCC)c(O)c3)C(O)[C@@H]2OCCCC)cc(OCCCC)c1OCCCC. The van der Waals surface area contributed by atoms with Crippen LogP contribution in [0.3, 0.4) is 0 Å². The van der Waals surface area contributed by atoms with Crippen molar-refractivity contribution >= 4 is 17.9 Å². The first kappa shape index (κ1) is 55.7. The van der Waals surface area contributed by atoms with Crippen LogP contribution in [-0.4, -0.2) is 120 Å². The van der Waals surface area contributed by atoms with Gasteiger partial charge in [-0.2, -0.15) is 0 Å². The Bertz CT molecular complexity index is 1990. The number of aliphatic hydroxyl groups is 1. The Labute approximate surface area is 404 Å². The van der Waals surface area contributed by atoms with Gasteiger partial charge < -0.3 is 72.9 Å². The highest BCUT2D eigenvalue weighted by atomic mass is 16.7. The Morgan fingerprint density at radius 2 is 0.855 bits per heavy atom. The lowest BCUT2D eigenvalue weighted by molar-refractivity contribution is -0.294. The fourth-order valence-corrected chi connectivity index (χ4v) is 6.81. The normalized spacial score (nSPS) is 17.7. The standard InChI is InChI=1S/C51H72O18/c1-7-13-19-60-39-29-34(30-40(61-20-14-8-2)45(39)64-23-17-11-5)50(59)69-51-47(65-24-18-12-6)42(56)46(68-49(58)33-27-37(54)44(38(55)28-33)63-22-16-10-4)41(67-51)31-66-48(57)32-25-35(52)43(36(53)26-32)62-21-15-9-3/h25-30,41-42,46-47,51-56H,7-24,31H2,1-6H3/t41?,42?,46-,47+,51+/m1/s1. The zero-order valence-electron chi connectivity index (χ0n) is 40.8. The molecule has 0 amide bonds. The van der Waals surface area contributed by atoms with Gasteiger partial charge in [-0.25, -0.2) is 14.4 Å². The van der Waals surface area contributed by atoms with Gasteiger partial charge in [-0.05, 0) is 74.9 Å². The molecule has 3 aromatic carbocycles. The summed E-state index contributed by atoms with van der Waals surface area (Å²) in [6.45, 7) is 12.6. The molecule has 0 bridgehead atoms. The smallest absolute Gasteiger partial charge is 0.340 e. The van der Waals surface area contributed by atoms with Gasteiger partial charge in [-0.1, -0.05) is 80.1 Å². The Kier molecular flexibility index (Phi) is 23.6. The van der Waals surface area contributed by atoms with Crippen molar-refractivity contribution < 1.29 is 87.3 Å². The first-order valence-corrected chi connectivity index (χ1v) is 24.3. The first-order chi connectivity index (χ1) is 33.3. The molecule has 0 radical (unpaired) electrons. The summed E-state index contributed by atoms with van der Waals surface area (Å²) in [6.07, 6.45) is 0.524. The third-order valence-corrected chi connectivity index (χ3v) is 10.8. The van der Waals surface area contributed by atoms with E-state index >= 15 is 0 Å². The van der Waals surface area contributed by atoms with E-state index in [1.807, 2.05) is 41.5 Å². The first-order valence-electron chi connectivity index (χ1n) is 24.3. The molecule has 1 saturated heterocycles. The van der Waals surface area contributed by atoms with Crippen molar-refractivity contribution in [3.63, 3.8) is 0 Å². The summed E-state index contributed by atoms with van der Waals surface area (Å²) < 4.78 is 59.1. The van der Waals surface area contributed by atoms with E-state index in [9.17, 15) is 39.9 Å². The van der Waals surface area contributed by atoms with E-state index < -0.39 is 78.2 Å². The predicted molar refractivity (Wildman–Crippen MR) is 252 cm³/mol. The van der Waals surface area contributed by atoms with Crippen LogP contribution >= 0.6 is 0 Å². The number of hydrogen-bond acceptors (Lipinski definition) is 18. The van der Waals surface area contributed by atoms with E-state index in [0.717, 1.165) is 75.6 Å². The summed E-state index contributed by atoms with van der Waals surface area (Å²) in [7, 11) is 0. The zero-order chi connectivity index (χ0) is 50.3. The van der Waals surface area contributed by atoms with Crippen molar-refractivity contribution in [3.8, 4) is 51.7 Å². The van der Waals surface area contributed by atoms with Crippen LogP contribution in [0.4, 0.5) is 0 Å². The molecular weight excluding hydrogens is 901 g/mol. The molecule has 0 aromatic heterocycles. The van der Waals surface area contributed by atoms with E-state index in [2.05, 4.69) is 0 Å². The minimum Gasteiger partial charge on any atom is -0.504 e. The molecular formula is C51H72O18. The Balaban J connectivity index is 1.73. The Hall–Kier alpha value is -5.85. The fourth-order valence-electron chi connectivity index (χ4n) is 6.81. The van der Waals surface area contributed by atoms with Crippen LogP contribution in [0.25, 0.3) is 0 Å². The average Bonchev–Trinajstić information content (AvgIpc) is 3.32. The molecule has 5 N–H and O–H groups in total. The summed E-state index contributed by atoms with van der Waals surface area (Å²) in [5.74, 6) is -4.93. The van der Waals surface area contributed by atoms with Crippen LogP contribution < -0.4 is 23.7 Å². The number of ether oxygens (including phenoxy) is 10. The molecule has 4 rings (SSSR count). The summed E-state index contributed by atoms with van der Waals surface area (Å²) >= 11 is 0. The quantitative estimate of drug-likeness (QED) is 0.0229. The Morgan fingerprint density at radius 3 is 1.30 bits per heavy atom. The maximum Gasteiger partial charge on any atom is 0.340 e. The number of carbonyl (C=O) groups excluding carboxylic acids is 3. The van der Waals surface area contributed by atoms with E-state index in [1.165, 1.54) is 12.1 Å². The summed E-state index contributed by atoms with van der Waals surface area (Å²) in [5.41, 5.74) is -0.637. The molecule has 1 aliphatic heterocycles. The number of hydrogen-bond donors (Lipinski definition) is 5. The van der Waals surface area contributed by atoms with E-state index in [-0.39, 0.29) is 59.5 Å². The lowest BCUT2D eigenvalue weighted by atomic mass is 9.98. The maximum absolute atomic E-state index is 14.3. The van der Waals surface area contributed by atoms with Gasteiger partial charge in [-0.15, -0.1) is 0 Å². The topological polar surface area (TPSA) is 245 Å². The average molecular weight is 973 g/mol. The van der Waals surface area contributed by atoms with Crippen molar-refractivity contribution in [1.29, 1.82) is 0 Å². The molecule has 1 fully saturated rings. The number of carbonyl (C=O) groups is 3. The van der Waals surface area contributed by atoms with Crippen molar-refractivity contribution in [2.75, 3.05) is 46.2 Å². The maximum atomic E-state index is 14.3. The van der Waals surface area contributed by atoms with Crippen molar-refractivity contribution in [2.45, 2.75) is 149 Å². The number of aliphatic hydroxyl groups excluding tert-OH is 1. The summed E-state index contributed by atoms with van der Waals surface area (Å²) in [6, 6.07) is 7.05. The molecule has 18 heteroatoms. The number of phenols is 4. The number of benzene rings is 3. The van der Waals surface area contributed by atoms with Crippen molar-refractivity contribution in [3.05, 3.63) is 53.1 Å². The van der Waals surface area contributed by atoms with Crippen LogP contribution in [0.5, 0.6) is 51.7 Å². The molecule has 69 heavy (non-hydrogen) atoms. The minimum atomic E-state index is -1.82. The van der Waals surface area contributed by atoms with E-state index in [1.54, 1.807) is 0 Å². The lowest BCUT2D eigenvalue weighted by Gasteiger charge is -2.43. The largest absolute Gasteiger partial charge is 0.504 e. The fraction of sp³-hybridized carbons (Fsp3) is 0.588. The van der Waals surface area contributed by atoms with Gasteiger partial charge in [0.2, 0.25) is 23.5 Å². The summed E-state index contributed by atoms with van der Waals surface area (Å²) in [4.78, 5) is 41.7. The van der Waals surface area contributed by atoms with Crippen molar-refractivity contribution in [2.24, 2.45) is 0 Å². The highest BCUT2D eigenvalue weighted by Crippen LogP contribution is 2.42. The zero-order valence-corrected chi connectivity index (χ0v) is 40.8. The molecule has 18 nitrogen and oxygen atoms in total. The molecule has 384 valence electrons. The lowest BCUT2D eigenvalue weighted by Crippen LogP contribution is -2.61. The molecule has 2 unspecified atom stereocenters. The molecule has 0 aliphatic carbocycles. The highest BCUT2D eigenvalue weighted by molar-refractivity contribution is 5.92. The van der Waals surface area contributed by atoms with Crippen LogP contribution in [-0.2, 0) is 23.7 Å². The number of phenolic OH excluding ortho intramolecular Hbond substituents is 4. The van der Waals surface area contributed by atoms with E-state index in [4.69, 9.17) is 47.4 Å². The second-order valence-electron chi connectivity index (χ2n) is 16.6. The van der Waals surface area contributed by atoms with Crippen LogP contribution in [0, 0.1) is 0 Å². The number of aromatic hydroxyl groups is 4. The van der Waals surface area contributed by atoms with Gasteiger partial charge >= 0.3 is 17.9 Å². The van der Waals surface area contributed by atoms with Crippen LogP contribution in [0.2, 0.25) is 0 Å². The number of esters is 3. The minimum absolute atomic E-state index is 0.0127. The number of rotatable bonds is 31. The van der Waals surface area contributed by atoms with Crippen LogP contribution in [0.1, 0.15) is 150 Å². The second kappa shape index (κ2) is 29.2. The van der Waals surface area contributed by atoms with Gasteiger partial charge in [0.05, 0.1) is 49.7 Å². The van der Waals surface area contributed by atoms with Gasteiger partial charge in [-0.3, -0.25) is 0 Å². The molecule has 0 spiro atoms. The molecule has 1 heterocycles. The predicted octanol–water partition coefficient (Wildman–Crippen LogP) is 8.91. The van der Waals surface area contributed by atoms with Gasteiger partial charge in [0, 0.05) is 6.61 Å². The third-order valence-electron chi connectivity index (χ3n) is 10.8. The number of unbranched alkanes of at least 4 members (excludes halogenated alkanes) is 6. The van der Waals surface area contributed by atoms with Crippen LogP contribution in [0.15, 0.2) is 36.4 Å². The monoisotopic (exact) mass is 972 g/mol. The van der Waals surface area contributed by atoms with Gasteiger partial charge in [0.25, 0.3) is 0 Å². The molecule has 3 aromatic rings. The van der Waals surface area contributed by atoms with Crippen molar-refractivity contribution in [1.82, 2.24) is 0 Å². The van der Waals surface area contributed by atoms with Gasteiger partial charge in [0.15, 0.2) is 40.6 Å². The van der Waals surface area contributed by atoms with Gasteiger partial charge in [0.1, 0.15) is 24.9 Å².